The topological polar surface area (TPSA) is 118 Å². The third-order valence-corrected chi connectivity index (χ3v) is 2.14. The predicted molar refractivity (Wildman–Crippen MR) is 51.0 cm³/mol. The number of hydrogen-bond donors (Lipinski definition) is 5. The first-order valence-corrected chi connectivity index (χ1v) is 4.69. The van der Waals surface area contributed by atoms with Gasteiger partial charge in [-0.3, -0.25) is 4.79 Å². The van der Waals surface area contributed by atoms with Gasteiger partial charge in [0.25, 0.3) is 0 Å². The molecule has 0 aliphatic rings. The summed E-state index contributed by atoms with van der Waals surface area (Å²) < 4.78 is 0. The molecule has 0 saturated heterocycles. The Morgan fingerprint density at radius 3 is 1.87 bits per heavy atom. The Bertz CT molecular complexity index is 205. The van der Waals surface area contributed by atoms with E-state index in [4.69, 9.17) is 15.3 Å². The molecule has 0 amide bonds. The molecule has 0 saturated carbocycles. The summed E-state index contributed by atoms with van der Waals surface area (Å²) in [6.07, 6.45) is -6.61. The molecule has 6 nitrogen and oxygen atoms in total. The summed E-state index contributed by atoms with van der Waals surface area (Å²) >= 11 is 0. The molecular formula is C9H18O6. The third-order valence-electron chi connectivity index (χ3n) is 2.14. The Morgan fingerprint density at radius 1 is 1.07 bits per heavy atom. The second-order valence-corrected chi connectivity index (χ2v) is 3.78. The lowest BCUT2D eigenvalue weighted by Crippen LogP contribution is -2.47. The summed E-state index contributed by atoms with van der Waals surface area (Å²) in [5, 5.41) is 45.2. The van der Waals surface area contributed by atoms with Gasteiger partial charge in [-0.25, -0.2) is 0 Å². The van der Waals surface area contributed by atoms with Crippen LogP contribution in [0.4, 0.5) is 0 Å². The molecule has 0 fully saturated rings. The van der Waals surface area contributed by atoms with Crippen LogP contribution in [-0.4, -0.2) is 62.3 Å². The Kier molecular flexibility index (Phi) is 5.92. The number of rotatable bonds is 6. The minimum absolute atomic E-state index is 0.359. The van der Waals surface area contributed by atoms with E-state index in [1.54, 1.807) is 13.8 Å². The van der Waals surface area contributed by atoms with Crippen LogP contribution in [0, 0.1) is 5.92 Å². The van der Waals surface area contributed by atoms with Crippen LogP contribution in [-0.2, 0) is 4.79 Å². The van der Waals surface area contributed by atoms with Crippen molar-refractivity contribution < 1.29 is 30.3 Å². The summed E-state index contributed by atoms with van der Waals surface area (Å²) in [6.45, 7) is 2.39. The number of hydrogen-bond acceptors (Lipinski definition) is 6. The molecule has 1 unspecified atom stereocenters. The lowest BCUT2D eigenvalue weighted by molar-refractivity contribution is -0.150. The van der Waals surface area contributed by atoms with Crippen LogP contribution >= 0.6 is 0 Å². The van der Waals surface area contributed by atoms with Gasteiger partial charge in [0.15, 0.2) is 5.78 Å². The van der Waals surface area contributed by atoms with Gasteiger partial charge >= 0.3 is 0 Å². The van der Waals surface area contributed by atoms with E-state index in [-0.39, 0.29) is 5.92 Å². The Labute approximate surface area is 87.8 Å². The van der Waals surface area contributed by atoms with E-state index in [1.807, 2.05) is 0 Å². The fourth-order valence-electron chi connectivity index (χ4n) is 0.997. The molecule has 4 atom stereocenters. The zero-order chi connectivity index (χ0) is 12.2. The number of ketones is 1. The van der Waals surface area contributed by atoms with Crippen LogP contribution in [0.1, 0.15) is 13.8 Å². The molecule has 0 spiro atoms. The summed E-state index contributed by atoms with van der Waals surface area (Å²) in [6, 6.07) is 0. The van der Waals surface area contributed by atoms with Gasteiger partial charge in [0.1, 0.15) is 18.3 Å². The SMILES string of the molecule is CC(C)C(O)[C@H](O)C(=O)[C@@H](O)[C@H](O)CO. The van der Waals surface area contributed by atoms with Crippen molar-refractivity contribution in [1.29, 1.82) is 0 Å². The molecule has 90 valence electrons. The van der Waals surface area contributed by atoms with Gasteiger partial charge in [-0.05, 0) is 5.92 Å². The van der Waals surface area contributed by atoms with Crippen LogP contribution in [0.5, 0.6) is 0 Å². The second kappa shape index (κ2) is 6.14. The Balaban J connectivity index is 4.43. The van der Waals surface area contributed by atoms with E-state index in [0.717, 1.165) is 0 Å². The highest BCUT2D eigenvalue weighted by atomic mass is 16.4. The van der Waals surface area contributed by atoms with Crippen molar-refractivity contribution in [3.05, 3.63) is 0 Å². The first-order valence-electron chi connectivity index (χ1n) is 4.69. The highest BCUT2D eigenvalue weighted by molar-refractivity contribution is 5.88. The summed E-state index contributed by atoms with van der Waals surface area (Å²) in [7, 11) is 0. The number of carbonyl (C=O) groups excluding carboxylic acids is 1. The van der Waals surface area contributed by atoms with Crippen LogP contribution in [0.25, 0.3) is 0 Å². The Hall–Kier alpha value is -0.530. The molecule has 5 N–H and O–H groups in total. The van der Waals surface area contributed by atoms with E-state index in [9.17, 15) is 15.0 Å². The molecule has 0 aromatic carbocycles. The van der Waals surface area contributed by atoms with Crippen molar-refractivity contribution >= 4 is 5.78 Å². The van der Waals surface area contributed by atoms with Crippen LogP contribution in [0.15, 0.2) is 0 Å². The molecule has 0 rings (SSSR count). The van der Waals surface area contributed by atoms with E-state index in [2.05, 4.69) is 0 Å². The number of aliphatic hydroxyl groups excluding tert-OH is 5. The van der Waals surface area contributed by atoms with E-state index in [0.29, 0.717) is 0 Å². The highest BCUT2D eigenvalue weighted by Crippen LogP contribution is 2.10. The van der Waals surface area contributed by atoms with Crippen LogP contribution in [0.3, 0.4) is 0 Å². The Morgan fingerprint density at radius 2 is 1.53 bits per heavy atom. The van der Waals surface area contributed by atoms with Crippen molar-refractivity contribution in [3.63, 3.8) is 0 Å². The largest absolute Gasteiger partial charge is 0.394 e. The zero-order valence-corrected chi connectivity index (χ0v) is 8.74. The maximum Gasteiger partial charge on any atom is 0.195 e. The number of aliphatic hydroxyl groups is 5. The summed E-state index contributed by atoms with van der Waals surface area (Å²) in [4.78, 5) is 11.3. The predicted octanol–water partition coefficient (Wildman–Crippen LogP) is -2.35. The maximum atomic E-state index is 11.3. The third kappa shape index (κ3) is 3.84. The molecule has 0 aliphatic heterocycles. The van der Waals surface area contributed by atoms with Gasteiger partial charge in [0, 0.05) is 0 Å². The monoisotopic (exact) mass is 222 g/mol. The molecule has 0 radical (unpaired) electrons. The standard InChI is InChI=1S/C9H18O6/c1-4(2)6(12)8(14)9(15)7(13)5(11)3-10/h4-8,10-14H,3H2,1-2H3/t5-,6?,7+,8+/m1/s1. The van der Waals surface area contributed by atoms with Gasteiger partial charge in [-0.1, -0.05) is 13.8 Å². The first kappa shape index (κ1) is 14.5. The molecule has 6 heteroatoms. The normalized spacial score (nSPS) is 19.7. The van der Waals surface area contributed by atoms with Crippen molar-refractivity contribution in [1.82, 2.24) is 0 Å². The van der Waals surface area contributed by atoms with Crippen molar-refractivity contribution in [2.45, 2.75) is 38.3 Å². The van der Waals surface area contributed by atoms with E-state index in [1.165, 1.54) is 0 Å². The van der Waals surface area contributed by atoms with Crippen LogP contribution in [0.2, 0.25) is 0 Å². The number of carbonyl (C=O) groups is 1. The minimum atomic E-state index is -1.89. The van der Waals surface area contributed by atoms with E-state index >= 15 is 0 Å². The van der Waals surface area contributed by atoms with Crippen molar-refractivity contribution in [3.8, 4) is 0 Å². The van der Waals surface area contributed by atoms with Crippen molar-refractivity contribution in [2.24, 2.45) is 5.92 Å². The number of Topliss-reactive ketones (excluding diaryl/α,β-unsaturated/α-hetero) is 1. The van der Waals surface area contributed by atoms with Crippen molar-refractivity contribution in [2.75, 3.05) is 6.61 Å². The van der Waals surface area contributed by atoms with Gasteiger partial charge < -0.3 is 25.5 Å². The first-order chi connectivity index (χ1) is 6.82. The second-order valence-electron chi connectivity index (χ2n) is 3.78. The molecule has 0 aromatic rings. The summed E-state index contributed by atoms with van der Waals surface area (Å²) in [5.41, 5.74) is 0. The van der Waals surface area contributed by atoms with E-state index < -0.39 is 36.8 Å². The lowest BCUT2D eigenvalue weighted by Gasteiger charge is -2.23. The lowest BCUT2D eigenvalue weighted by atomic mass is 9.95. The molecule has 0 aliphatic carbocycles. The zero-order valence-electron chi connectivity index (χ0n) is 8.74. The smallest absolute Gasteiger partial charge is 0.195 e. The maximum absolute atomic E-state index is 11.3. The van der Waals surface area contributed by atoms with Gasteiger partial charge in [-0.2, -0.15) is 0 Å². The molecular weight excluding hydrogens is 204 g/mol. The van der Waals surface area contributed by atoms with Gasteiger partial charge in [0.2, 0.25) is 0 Å². The average Bonchev–Trinajstić information content (AvgIpc) is 2.23. The van der Waals surface area contributed by atoms with Crippen LogP contribution < -0.4 is 0 Å². The van der Waals surface area contributed by atoms with Gasteiger partial charge in [-0.15, -0.1) is 0 Å². The quantitative estimate of drug-likeness (QED) is 0.343. The van der Waals surface area contributed by atoms with Gasteiger partial charge in [0.05, 0.1) is 12.7 Å². The fourth-order valence-corrected chi connectivity index (χ4v) is 0.997. The molecule has 15 heavy (non-hydrogen) atoms. The fraction of sp³-hybridized carbons (Fsp3) is 0.889. The minimum Gasteiger partial charge on any atom is -0.394 e. The average molecular weight is 222 g/mol. The molecule has 0 bridgehead atoms. The highest BCUT2D eigenvalue weighted by Gasteiger charge is 2.34. The summed E-state index contributed by atoms with van der Waals surface area (Å²) in [5.74, 6) is -1.46. The molecule has 0 heterocycles. The molecule has 0 aromatic heterocycles.